The van der Waals surface area contributed by atoms with Gasteiger partial charge in [-0.15, -0.1) is 0 Å². The molecule has 0 aromatic heterocycles. The van der Waals surface area contributed by atoms with Crippen LogP contribution in [0.1, 0.15) is 36.0 Å². The summed E-state index contributed by atoms with van der Waals surface area (Å²) in [5.74, 6) is -0.159. The number of benzene rings is 2. The number of aryl methyl sites for hydroxylation is 1. The molecule has 5 nitrogen and oxygen atoms in total. The van der Waals surface area contributed by atoms with Gasteiger partial charge in [0.25, 0.3) is 0 Å². The number of carbonyl (C=O) groups is 2. The second kappa shape index (κ2) is 9.43. The molecule has 0 aliphatic carbocycles. The molecule has 2 atom stereocenters. The molecule has 5 heteroatoms. The number of nitrogens with zero attached hydrogens (tertiary/aromatic N) is 2. The van der Waals surface area contributed by atoms with E-state index >= 15 is 0 Å². The lowest BCUT2D eigenvalue weighted by molar-refractivity contribution is -0.138. The van der Waals surface area contributed by atoms with Crippen molar-refractivity contribution in [3.05, 3.63) is 71.3 Å². The first-order valence-electron chi connectivity index (χ1n) is 10.9. The number of amides is 2. The Bertz CT molecular complexity index is 860. The molecule has 2 heterocycles. The van der Waals surface area contributed by atoms with Crippen LogP contribution in [0.2, 0.25) is 0 Å². The molecule has 0 radical (unpaired) electrons. The molecule has 2 aliphatic rings. The van der Waals surface area contributed by atoms with Crippen molar-refractivity contribution >= 4 is 11.8 Å². The first kappa shape index (κ1) is 20.6. The number of ether oxygens (including phenoxy) is 1. The zero-order valence-electron chi connectivity index (χ0n) is 17.6. The number of rotatable bonds is 7. The number of hydrogen-bond acceptors (Lipinski definition) is 3. The summed E-state index contributed by atoms with van der Waals surface area (Å²) in [6, 6.07) is 18.3. The van der Waals surface area contributed by atoms with Crippen molar-refractivity contribution in [1.82, 2.24) is 9.80 Å². The van der Waals surface area contributed by atoms with Gasteiger partial charge in [-0.05, 0) is 30.9 Å². The summed E-state index contributed by atoms with van der Waals surface area (Å²) in [6.07, 6.45) is 2.42. The van der Waals surface area contributed by atoms with Crippen molar-refractivity contribution < 1.29 is 14.3 Å². The normalized spacial score (nSPS) is 21.2. The summed E-state index contributed by atoms with van der Waals surface area (Å²) in [7, 11) is 0. The van der Waals surface area contributed by atoms with Gasteiger partial charge in [0.2, 0.25) is 11.8 Å². The maximum Gasteiger partial charge on any atom is 0.228 e. The van der Waals surface area contributed by atoms with Crippen LogP contribution in [0.5, 0.6) is 0 Å². The van der Waals surface area contributed by atoms with Gasteiger partial charge in [-0.25, -0.2) is 0 Å². The third-order valence-electron chi connectivity index (χ3n) is 6.03. The summed E-state index contributed by atoms with van der Waals surface area (Å²) in [6.45, 7) is 5.02. The van der Waals surface area contributed by atoms with Gasteiger partial charge in [-0.3, -0.25) is 9.59 Å². The Morgan fingerprint density at radius 3 is 2.57 bits per heavy atom. The lowest BCUT2D eigenvalue weighted by Crippen LogP contribution is -2.41. The fourth-order valence-electron chi connectivity index (χ4n) is 4.33. The van der Waals surface area contributed by atoms with E-state index in [4.69, 9.17) is 4.74 Å². The van der Waals surface area contributed by atoms with Crippen molar-refractivity contribution in [2.75, 3.05) is 19.7 Å². The van der Waals surface area contributed by atoms with E-state index in [1.54, 1.807) is 0 Å². The van der Waals surface area contributed by atoms with Crippen molar-refractivity contribution in [3.8, 4) is 0 Å². The molecule has 4 rings (SSSR count). The largest absolute Gasteiger partial charge is 0.376 e. The van der Waals surface area contributed by atoms with E-state index < -0.39 is 0 Å². The fourth-order valence-corrected chi connectivity index (χ4v) is 4.33. The van der Waals surface area contributed by atoms with Gasteiger partial charge in [-0.2, -0.15) is 0 Å². The van der Waals surface area contributed by atoms with Crippen LogP contribution in [0.4, 0.5) is 0 Å². The lowest BCUT2D eigenvalue weighted by Gasteiger charge is -2.28. The van der Waals surface area contributed by atoms with Gasteiger partial charge in [0, 0.05) is 39.2 Å². The minimum absolute atomic E-state index is 0.0608. The van der Waals surface area contributed by atoms with E-state index in [9.17, 15) is 9.59 Å². The molecular formula is C25H30N2O3. The standard InChI is InChI=1S/C25H30N2O3/c1-19-9-11-21(12-10-19)15-26-17-22(14-24(26)28)25(29)27(18-23-8-5-13-30-23)16-20-6-3-2-4-7-20/h2-4,6-7,9-12,22-23H,5,8,13-18H2,1H3. The molecule has 2 aliphatic heterocycles. The van der Waals surface area contributed by atoms with Crippen LogP contribution in [0.25, 0.3) is 0 Å². The second-order valence-corrected chi connectivity index (χ2v) is 8.50. The highest BCUT2D eigenvalue weighted by atomic mass is 16.5. The average molecular weight is 407 g/mol. The Labute approximate surface area is 178 Å². The summed E-state index contributed by atoms with van der Waals surface area (Å²) in [4.78, 5) is 29.8. The quantitative estimate of drug-likeness (QED) is 0.707. The van der Waals surface area contributed by atoms with Gasteiger partial charge in [-0.1, -0.05) is 60.2 Å². The molecule has 2 amide bonds. The van der Waals surface area contributed by atoms with Gasteiger partial charge < -0.3 is 14.5 Å². The minimum Gasteiger partial charge on any atom is -0.376 e. The highest BCUT2D eigenvalue weighted by molar-refractivity contribution is 5.89. The van der Waals surface area contributed by atoms with E-state index in [-0.39, 0.29) is 23.8 Å². The molecule has 2 aromatic rings. The van der Waals surface area contributed by atoms with E-state index in [0.717, 1.165) is 30.6 Å². The van der Waals surface area contributed by atoms with Gasteiger partial charge in [0.15, 0.2) is 0 Å². The van der Waals surface area contributed by atoms with Crippen molar-refractivity contribution in [1.29, 1.82) is 0 Å². The first-order chi connectivity index (χ1) is 14.6. The van der Waals surface area contributed by atoms with Crippen LogP contribution in [-0.4, -0.2) is 47.4 Å². The van der Waals surface area contributed by atoms with Crippen LogP contribution < -0.4 is 0 Å². The van der Waals surface area contributed by atoms with Gasteiger partial charge >= 0.3 is 0 Å². The third kappa shape index (κ3) is 5.08. The Morgan fingerprint density at radius 2 is 1.87 bits per heavy atom. The van der Waals surface area contributed by atoms with E-state index in [1.165, 1.54) is 5.56 Å². The van der Waals surface area contributed by atoms with E-state index in [0.29, 0.717) is 32.6 Å². The van der Waals surface area contributed by atoms with Crippen LogP contribution >= 0.6 is 0 Å². The third-order valence-corrected chi connectivity index (χ3v) is 6.03. The zero-order chi connectivity index (χ0) is 20.9. The Kier molecular flexibility index (Phi) is 6.48. The molecule has 0 bridgehead atoms. The summed E-state index contributed by atoms with van der Waals surface area (Å²) in [5.41, 5.74) is 3.40. The Morgan fingerprint density at radius 1 is 1.10 bits per heavy atom. The summed E-state index contributed by atoms with van der Waals surface area (Å²) >= 11 is 0. The highest BCUT2D eigenvalue weighted by Crippen LogP contribution is 2.24. The van der Waals surface area contributed by atoms with Gasteiger partial charge in [0.1, 0.15) is 0 Å². The monoisotopic (exact) mass is 406 g/mol. The second-order valence-electron chi connectivity index (χ2n) is 8.50. The van der Waals surface area contributed by atoms with Crippen LogP contribution in [-0.2, 0) is 27.4 Å². The molecular weight excluding hydrogens is 376 g/mol. The molecule has 2 saturated heterocycles. The molecule has 0 spiro atoms. The SMILES string of the molecule is Cc1ccc(CN2CC(C(=O)N(Cc3ccccc3)CC3CCCO3)CC2=O)cc1. The maximum atomic E-state index is 13.4. The topological polar surface area (TPSA) is 49.9 Å². The first-order valence-corrected chi connectivity index (χ1v) is 10.9. The molecule has 2 aromatic carbocycles. The number of carbonyl (C=O) groups excluding carboxylic acids is 2. The van der Waals surface area contributed by atoms with E-state index in [1.807, 2.05) is 40.1 Å². The predicted molar refractivity (Wildman–Crippen MR) is 116 cm³/mol. The fraction of sp³-hybridized carbons (Fsp3) is 0.440. The highest BCUT2D eigenvalue weighted by Gasteiger charge is 2.37. The Hall–Kier alpha value is -2.66. The molecule has 0 N–H and O–H groups in total. The van der Waals surface area contributed by atoms with Gasteiger partial charge in [0.05, 0.1) is 12.0 Å². The average Bonchev–Trinajstić information content (AvgIpc) is 3.39. The maximum absolute atomic E-state index is 13.4. The van der Waals surface area contributed by atoms with Crippen LogP contribution in [0.3, 0.4) is 0 Å². The molecule has 0 saturated carbocycles. The molecule has 158 valence electrons. The number of hydrogen-bond donors (Lipinski definition) is 0. The summed E-state index contributed by atoms with van der Waals surface area (Å²) < 4.78 is 5.79. The zero-order valence-corrected chi connectivity index (χ0v) is 17.6. The summed E-state index contributed by atoms with van der Waals surface area (Å²) in [5, 5.41) is 0. The smallest absolute Gasteiger partial charge is 0.228 e. The number of likely N-dealkylation sites (tertiary alicyclic amines) is 1. The molecule has 2 fully saturated rings. The van der Waals surface area contributed by atoms with Crippen molar-refractivity contribution in [2.24, 2.45) is 5.92 Å². The molecule has 30 heavy (non-hydrogen) atoms. The minimum atomic E-state index is -0.284. The van der Waals surface area contributed by atoms with Crippen LogP contribution in [0, 0.1) is 12.8 Å². The van der Waals surface area contributed by atoms with Crippen LogP contribution in [0.15, 0.2) is 54.6 Å². The Balaban J connectivity index is 1.43. The van der Waals surface area contributed by atoms with Crippen molar-refractivity contribution in [2.45, 2.75) is 45.4 Å². The van der Waals surface area contributed by atoms with Crippen molar-refractivity contribution in [3.63, 3.8) is 0 Å². The predicted octanol–water partition coefficient (Wildman–Crippen LogP) is 3.55. The molecule has 2 unspecified atom stereocenters. The van der Waals surface area contributed by atoms with E-state index in [2.05, 4.69) is 31.2 Å². The lowest BCUT2D eigenvalue weighted by atomic mass is 10.1.